The van der Waals surface area contributed by atoms with Gasteiger partial charge in [0.2, 0.25) is 0 Å². The normalized spacial score (nSPS) is 20.5. The van der Waals surface area contributed by atoms with Gasteiger partial charge in [-0.1, -0.05) is 54.6 Å². The van der Waals surface area contributed by atoms with Gasteiger partial charge >= 0.3 is 5.97 Å². The molecule has 0 aromatic heterocycles. The molecule has 33 heavy (non-hydrogen) atoms. The summed E-state index contributed by atoms with van der Waals surface area (Å²) in [7, 11) is 0. The van der Waals surface area contributed by atoms with Gasteiger partial charge < -0.3 is 20.1 Å². The Balaban J connectivity index is 1.22. The minimum Gasteiger partial charge on any atom is -0.480 e. The predicted molar refractivity (Wildman–Crippen MR) is 131 cm³/mol. The number of hydrogen-bond donors (Lipinski definition) is 3. The van der Waals surface area contributed by atoms with E-state index in [1.165, 1.54) is 22.0 Å². The third-order valence-corrected chi connectivity index (χ3v) is 7.02. The van der Waals surface area contributed by atoms with Crippen LogP contribution in [0.15, 0.2) is 66.7 Å². The maximum Gasteiger partial charge on any atom is 0.317 e. The van der Waals surface area contributed by atoms with Crippen molar-refractivity contribution in [3.05, 3.63) is 77.9 Å². The average molecular weight is 446 g/mol. The Kier molecular flexibility index (Phi) is 6.06. The number of anilines is 1. The number of fused-ring (bicyclic) bond motifs is 1. The SMILES string of the molecule is C[C@@H](N[C@H]1CCN(c2ccc(C3(NCC(=O)O)COC3)cc2)C1)c1cccc2ccccc12. The van der Waals surface area contributed by atoms with Gasteiger partial charge in [0, 0.05) is 30.9 Å². The van der Waals surface area contributed by atoms with Crippen molar-refractivity contribution in [2.75, 3.05) is 37.7 Å². The molecule has 0 radical (unpaired) electrons. The van der Waals surface area contributed by atoms with Crippen molar-refractivity contribution < 1.29 is 14.6 Å². The summed E-state index contributed by atoms with van der Waals surface area (Å²) in [6, 6.07) is 24.3. The quantitative estimate of drug-likeness (QED) is 0.491. The van der Waals surface area contributed by atoms with E-state index in [0.29, 0.717) is 19.3 Å². The molecule has 6 heteroatoms. The molecular formula is C27H31N3O3. The van der Waals surface area contributed by atoms with Crippen LogP contribution in [0.1, 0.15) is 30.5 Å². The Bertz CT molecular complexity index is 1120. The van der Waals surface area contributed by atoms with Crippen molar-refractivity contribution in [1.82, 2.24) is 10.6 Å². The largest absolute Gasteiger partial charge is 0.480 e. The summed E-state index contributed by atoms with van der Waals surface area (Å²) >= 11 is 0. The van der Waals surface area contributed by atoms with Gasteiger partial charge in [-0.05, 0) is 47.4 Å². The molecule has 2 atom stereocenters. The number of aliphatic carboxylic acids is 1. The smallest absolute Gasteiger partial charge is 0.317 e. The Morgan fingerprint density at radius 1 is 1.12 bits per heavy atom. The van der Waals surface area contributed by atoms with Crippen LogP contribution in [0, 0.1) is 0 Å². The summed E-state index contributed by atoms with van der Waals surface area (Å²) in [5.41, 5.74) is 3.24. The second-order valence-electron chi connectivity index (χ2n) is 9.26. The van der Waals surface area contributed by atoms with Crippen LogP contribution >= 0.6 is 0 Å². The molecule has 3 aromatic carbocycles. The number of hydrogen-bond acceptors (Lipinski definition) is 5. The van der Waals surface area contributed by atoms with E-state index in [0.717, 1.165) is 25.1 Å². The zero-order valence-electron chi connectivity index (χ0n) is 19.0. The standard InChI is InChI=1S/C27H31N3O3/c1-19(24-8-4-6-20-5-2-3-7-25(20)24)29-22-13-14-30(16-22)23-11-9-21(10-12-23)27(17-33-18-27)28-15-26(31)32/h2-12,19,22,28-29H,13-18H2,1H3,(H,31,32)/t19-,22+/m1/s1. The number of nitrogens with one attached hydrogen (secondary N) is 2. The second kappa shape index (κ2) is 9.14. The molecule has 0 saturated carbocycles. The lowest BCUT2D eigenvalue weighted by molar-refractivity contribution is -0.138. The van der Waals surface area contributed by atoms with E-state index >= 15 is 0 Å². The van der Waals surface area contributed by atoms with E-state index < -0.39 is 5.97 Å². The van der Waals surface area contributed by atoms with Crippen molar-refractivity contribution in [2.45, 2.75) is 31.0 Å². The van der Waals surface area contributed by atoms with E-state index in [2.05, 4.69) is 89.2 Å². The van der Waals surface area contributed by atoms with Gasteiger partial charge in [0.05, 0.1) is 25.3 Å². The maximum absolute atomic E-state index is 11.0. The van der Waals surface area contributed by atoms with Gasteiger partial charge in [0.1, 0.15) is 0 Å². The van der Waals surface area contributed by atoms with Crippen LogP contribution in [0.4, 0.5) is 5.69 Å². The van der Waals surface area contributed by atoms with Gasteiger partial charge in [-0.25, -0.2) is 0 Å². The Morgan fingerprint density at radius 2 is 1.88 bits per heavy atom. The highest BCUT2D eigenvalue weighted by atomic mass is 16.5. The van der Waals surface area contributed by atoms with Gasteiger partial charge in [-0.2, -0.15) is 0 Å². The summed E-state index contributed by atoms with van der Waals surface area (Å²) in [5, 5.41) is 18.6. The van der Waals surface area contributed by atoms with Crippen LogP contribution in [0.5, 0.6) is 0 Å². The zero-order valence-corrected chi connectivity index (χ0v) is 19.0. The Morgan fingerprint density at radius 3 is 2.61 bits per heavy atom. The number of carbonyl (C=O) groups is 1. The highest BCUT2D eigenvalue weighted by Crippen LogP contribution is 2.32. The van der Waals surface area contributed by atoms with E-state index in [-0.39, 0.29) is 18.1 Å². The highest BCUT2D eigenvalue weighted by molar-refractivity contribution is 5.86. The van der Waals surface area contributed by atoms with Crippen LogP contribution in [-0.2, 0) is 15.1 Å². The number of benzene rings is 3. The third-order valence-electron chi connectivity index (χ3n) is 7.02. The maximum atomic E-state index is 11.0. The molecule has 0 aliphatic carbocycles. The van der Waals surface area contributed by atoms with Gasteiger partial charge in [0.25, 0.3) is 0 Å². The molecule has 3 aromatic rings. The molecule has 172 valence electrons. The minimum atomic E-state index is -0.855. The molecule has 0 unspecified atom stereocenters. The van der Waals surface area contributed by atoms with Crippen LogP contribution in [-0.4, -0.2) is 50.0 Å². The number of nitrogens with zero attached hydrogens (tertiary/aromatic N) is 1. The molecule has 5 rings (SSSR count). The Hall–Kier alpha value is -2.93. The fourth-order valence-electron chi connectivity index (χ4n) is 5.12. The first-order valence-corrected chi connectivity index (χ1v) is 11.7. The summed E-state index contributed by atoms with van der Waals surface area (Å²) in [5.74, 6) is -0.855. The molecular weight excluding hydrogens is 414 g/mol. The molecule has 0 bridgehead atoms. The molecule has 2 aliphatic heterocycles. The van der Waals surface area contributed by atoms with Crippen LogP contribution in [0.3, 0.4) is 0 Å². The molecule has 6 nitrogen and oxygen atoms in total. The molecule has 2 fully saturated rings. The number of ether oxygens (including phenoxy) is 1. The molecule has 2 saturated heterocycles. The van der Waals surface area contributed by atoms with E-state index in [1.54, 1.807) is 0 Å². The first kappa shape index (κ1) is 21.9. The Labute approximate surface area is 194 Å². The van der Waals surface area contributed by atoms with Gasteiger partial charge in [-0.15, -0.1) is 0 Å². The fourth-order valence-corrected chi connectivity index (χ4v) is 5.12. The predicted octanol–water partition coefficient (Wildman–Crippen LogP) is 3.67. The first-order chi connectivity index (χ1) is 16.0. The van der Waals surface area contributed by atoms with Crippen LogP contribution in [0.2, 0.25) is 0 Å². The summed E-state index contributed by atoms with van der Waals surface area (Å²) in [6.45, 7) is 5.18. The molecule has 0 amide bonds. The zero-order chi connectivity index (χ0) is 22.8. The molecule has 2 aliphatic rings. The van der Waals surface area contributed by atoms with E-state index in [9.17, 15) is 4.79 Å². The lowest BCUT2D eigenvalue weighted by atomic mass is 9.87. The summed E-state index contributed by atoms with van der Waals surface area (Å²) < 4.78 is 5.40. The monoisotopic (exact) mass is 445 g/mol. The molecule has 2 heterocycles. The van der Waals surface area contributed by atoms with Gasteiger partial charge in [-0.3, -0.25) is 10.1 Å². The highest BCUT2D eigenvalue weighted by Gasteiger charge is 2.40. The summed E-state index contributed by atoms with van der Waals surface area (Å²) in [4.78, 5) is 13.4. The van der Waals surface area contributed by atoms with Crippen molar-refractivity contribution >= 4 is 22.4 Å². The van der Waals surface area contributed by atoms with Crippen molar-refractivity contribution in [3.8, 4) is 0 Å². The third kappa shape index (κ3) is 4.47. The fraction of sp³-hybridized carbons (Fsp3) is 0.370. The number of carboxylic acid groups (broad SMARTS) is 1. The van der Waals surface area contributed by atoms with Crippen molar-refractivity contribution in [2.24, 2.45) is 0 Å². The van der Waals surface area contributed by atoms with Crippen LogP contribution < -0.4 is 15.5 Å². The average Bonchev–Trinajstić information content (AvgIpc) is 3.26. The number of carboxylic acids is 1. The van der Waals surface area contributed by atoms with Crippen LogP contribution in [0.25, 0.3) is 10.8 Å². The molecule has 3 N–H and O–H groups in total. The van der Waals surface area contributed by atoms with Crippen molar-refractivity contribution in [1.29, 1.82) is 0 Å². The lowest BCUT2D eigenvalue weighted by Gasteiger charge is -2.42. The van der Waals surface area contributed by atoms with E-state index in [4.69, 9.17) is 9.84 Å². The van der Waals surface area contributed by atoms with E-state index in [1.807, 2.05) is 0 Å². The topological polar surface area (TPSA) is 73.8 Å². The lowest BCUT2D eigenvalue weighted by Crippen LogP contribution is -2.58. The second-order valence-corrected chi connectivity index (χ2v) is 9.26. The summed E-state index contributed by atoms with van der Waals surface area (Å²) in [6.07, 6.45) is 1.11. The first-order valence-electron chi connectivity index (χ1n) is 11.7. The number of rotatable bonds is 8. The molecule has 0 spiro atoms. The minimum absolute atomic E-state index is 0.0700. The van der Waals surface area contributed by atoms with Gasteiger partial charge in [0.15, 0.2) is 0 Å². The van der Waals surface area contributed by atoms with Crippen molar-refractivity contribution in [3.63, 3.8) is 0 Å².